The third-order valence-corrected chi connectivity index (χ3v) is 6.52. The van der Waals surface area contributed by atoms with E-state index in [1.807, 2.05) is 71.9 Å². The van der Waals surface area contributed by atoms with Crippen LogP contribution in [0.4, 0.5) is 0 Å². The van der Waals surface area contributed by atoms with Crippen LogP contribution < -0.4 is 16.4 Å². The molecule has 2 aromatic rings. The van der Waals surface area contributed by atoms with Gasteiger partial charge in [0.2, 0.25) is 5.91 Å². The second-order valence-electron chi connectivity index (χ2n) is 9.97. The number of amides is 2. The molecule has 0 spiro atoms. The Labute approximate surface area is 220 Å². The van der Waals surface area contributed by atoms with Crippen molar-refractivity contribution < 1.29 is 19.5 Å². The Bertz CT molecular complexity index is 1080. The van der Waals surface area contributed by atoms with Crippen molar-refractivity contribution in [3.05, 3.63) is 48.0 Å². The minimum Gasteiger partial charge on any atom is -0.480 e. The lowest BCUT2D eigenvalue weighted by Crippen LogP contribution is -2.48. The summed E-state index contributed by atoms with van der Waals surface area (Å²) >= 11 is 0. The molecule has 0 aliphatic rings. The normalized spacial score (nSPS) is 14.8. The lowest BCUT2D eigenvalue weighted by Gasteiger charge is -2.20. The highest BCUT2D eigenvalue weighted by Gasteiger charge is 2.26. The number of nitriles is 1. The summed E-state index contributed by atoms with van der Waals surface area (Å²) in [6.07, 6.45) is 2.21. The van der Waals surface area contributed by atoms with Gasteiger partial charge in [-0.25, -0.2) is 4.79 Å². The molecular weight excluding hydrogens is 468 g/mol. The number of nitrogens with two attached hydrogens (primary N) is 1. The third-order valence-electron chi connectivity index (χ3n) is 6.52. The fraction of sp³-hybridized carbons (Fsp3) is 0.517. The maximum atomic E-state index is 12.2. The van der Waals surface area contributed by atoms with Crippen LogP contribution in [0.2, 0.25) is 0 Å². The van der Waals surface area contributed by atoms with Crippen molar-refractivity contribution in [2.24, 2.45) is 23.5 Å². The molecular formula is C29H42N4O4. The molecule has 8 nitrogen and oxygen atoms in total. The first kappa shape index (κ1) is 31.6. The molecule has 37 heavy (non-hydrogen) atoms. The first-order valence-electron chi connectivity index (χ1n) is 12.9. The molecule has 0 bridgehead atoms. The number of hydrogen-bond donors (Lipinski definition) is 4. The molecule has 0 heterocycles. The highest BCUT2D eigenvalue weighted by molar-refractivity contribution is 6.00. The van der Waals surface area contributed by atoms with Crippen molar-refractivity contribution in [1.29, 1.82) is 5.26 Å². The topological polar surface area (TPSA) is 145 Å². The molecule has 202 valence electrons. The summed E-state index contributed by atoms with van der Waals surface area (Å²) in [6, 6.07) is 13.4. The molecule has 0 aliphatic heterocycles. The van der Waals surface area contributed by atoms with Crippen LogP contribution in [0.3, 0.4) is 0 Å². The first-order chi connectivity index (χ1) is 17.4. The van der Waals surface area contributed by atoms with Crippen LogP contribution in [0.15, 0.2) is 42.5 Å². The van der Waals surface area contributed by atoms with Crippen LogP contribution in [0.5, 0.6) is 0 Å². The lowest BCUT2D eigenvalue weighted by atomic mass is 9.98. The summed E-state index contributed by atoms with van der Waals surface area (Å²) in [5.74, 6) is -1.18. The molecule has 0 radical (unpaired) electrons. The number of aliphatic carboxylic acids is 1. The van der Waals surface area contributed by atoms with Crippen LogP contribution in [-0.2, 0) is 9.59 Å². The zero-order chi connectivity index (χ0) is 28.1. The van der Waals surface area contributed by atoms with Crippen molar-refractivity contribution in [2.75, 3.05) is 0 Å². The number of carboxylic acid groups (broad SMARTS) is 1. The second kappa shape index (κ2) is 15.6. The quantitative estimate of drug-likeness (QED) is 0.351. The standard InChI is InChI=1S/C17H19NO3.C12H23N3O/c1-3-11(2)15(17(20)21)18-16(19)14-9-8-12-6-4-5-7-13(12)10-14;1-5-9(4)11(14)12(16)15-10(7-13)6-8(2)3/h4-11,15H,3H2,1-2H3,(H,18,19)(H,20,21);8-11H,5-6,14H2,1-4H3,(H,15,16)/t11-,15-;/m0./s1. The molecule has 0 fully saturated rings. The van der Waals surface area contributed by atoms with Gasteiger partial charge in [0, 0.05) is 5.56 Å². The predicted molar refractivity (Wildman–Crippen MR) is 147 cm³/mol. The molecule has 2 rings (SSSR count). The van der Waals surface area contributed by atoms with Crippen molar-refractivity contribution >= 4 is 28.6 Å². The number of carboxylic acids is 1. The van der Waals surface area contributed by atoms with Crippen molar-refractivity contribution in [3.63, 3.8) is 0 Å². The van der Waals surface area contributed by atoms with E-state index in [0.717, 1.165) is 17.2 Å². The van der Waals surface area contributed by atoms with Crippen LogP contribution in [0.25, 0.3) is 10.8 Å². The zero-order valence-electron chi connectivity index (χ0n) is 22.8. The largest absolute Gasteiger partial charge is 0.480 e. The summed E-state index contributed by atoms with van der Waals surface area (Å²) in [5.41, 5.74) is 6.26. The number of nitrogens with one attached hydrogen (secondary N) is 2. The molecule has 2 amide bonds. The molecule has 0 saturated heterocycles. The molecule has 8 heteroatoms. The molecule has 0 aliphatic carbocycles. The van der Waals surface area contributed by atoms with Crippen LogP contribution in [0.1, 0.15) is 71.2 Å². The lowest BCUT2D eigenvalue weighted by molar-refractivity contribution is -0.140. The predicted octanol–water partition coefficient (Wildman–Crippen LogP) is 4.48. The van der Waals surface area contributed by atoms with Crippen LogP contribution in [0, 0.1) is 29.1 Å². The van der Waals surface area contributed by atoms with E-state index in [2.05, 4.69) is 16.7 Å². The highest BCUT2D eigenvalue weighted by atomic mass is 16.4. The molecule has 0 aromatic heterocycles. The zero-order valence-corrected chi connectivity index (χ0v) is 22.8. The van der Waals surface area contributed by atoms with Gasteiger partial charge in [-0.05, 0) is 47.1 Å². The SMILES string of the molecule is CCC(C)C(N)C(=O)NC(C#N)CC(C)C.CC[C@H](C)[C@H](NC(=O)c1ccc2ccccc2c1)C(=O)O. The van der Waals surface area contributed by atoms with E-state index in [1.54, 1.807) is 12.1 Å². The van der Waals surface area contributed by atoms with Gasteiger partial charge in [-0.2, -0.15) is 5.26 Å². The fourth-order valence-electron chi connectivity index (χ4n) is 3.63. The fourth-order valence-corrected chi connectivity index (χ4v) is 3.63. The molecule has 5 atom stereocenters. The maximum absolute atomic E-state index is 12.2. The van der Waals surface area contributed by atoms with Crippen molar-refractivity contribution in [3.8, 4) is 6.07 Å². The van der Waals surface area contributed by atoms with Gasteiger partial charge in [0.15, 0.2) is 0 Å². The Hall–Kier alpha value is -3.44. The highest BCUT2D eigenvalue weighted by Crippen LogP contribution is 2.16. The summed E-state index contributed by atoms with van der Waals surface area (Å²) in [5, 5.41) is 25.4. The number of hydrogen-bond acceptors (Lipinski definition) is 5. The third kappa shape index (κ3) is 10.2. The van der Waals surface area contributed by atoms with Crippen LogP contribution in [-0.4, -0.2) is 41.0 Å². The number of rotatable bonds is 11. The van der Waals surface area contributed by atoms with E-state index >= 15 is 0 Å². The van der Waals surface area contributed by atoms with Gasteiger partial charge < -0.3 is 21.5 Å². The van der Waals surface area contributed by atoms with Crippen molar-refractivity contribution in [1.82, 2.24) is 10.6 Å². The minimum absolute atomic E-state index is 0.119. The van der Waals surface area contributed by atoms with E-state index < -0.39 is 24.1 Å². The number of benzene rings is 2. The summed E-state index contributed by atoms with van der Waals surface area (Å²) in [7, 11) is 0. The number of carbonyl (C=O) groups is 3. The van der Waals surface area contributed by atoms with Gasteiger partial charge in [-0.1, -0.05) is 84.7 Å². The number of fused-ring (bicyclic) bond motifs is 1. The van der Waals surface area contributed by atoms with Gasteiger partial charge in [0.25, 0.3) is 5.91 Å². The van der Waals surface area contributed by atoms with Gasteiger partial charge >= 0.3 is 5.97 Å². The summed E-state index contributed by atoms with van der Waals surface area (Å²) < 4.78 is 0. The van der Waals surface area contributed by atoms with E-state index in [4.69, 9.17) is 11.0 Å². The Morgan fingerprint density at radius 1 is 0.946 bits per heavy atom. The van der Waals surface area contributed by atoms with Gasteiger partial charge in [-0.3, -0.25) is 9.59 Å². The second-order valence-corrected chi connectivity index (χ2v) is 9.97. The molecule has 5 N–H and O–H groups in total. The Morgan fingerprint density at radius 3 is 2.05 bits per heavy atom. The minimum atomic E-state index is -1.00. The van der Waals surface area contributed by atoms with Gasteiger partial charge in [0.05, 0.1) is 12.1 Å². The van der Waals surface area contributed by atoms with Gasteiger partial charge in [0.1, 0.15) is 12.1 Å². The van der Waals surface area contributed by atoms with Crippen molar-refractivity contribution in [2.45, 2.75) is 78.9 Å². The average Bonchev–Trinajstić information content (AvgIpc) is 2.89. The number of nitrogens with zero attached hydrogens (tertiary/aromatic N) is 1. The Morgan fingerprint density at radius 2 is 1.54 bits per heavy atom. The van der Waals surface area contributed by atoms with E-state index in [0.29, 0.717) is 24.3 Å². The van der Waals surface area contributed by atoms with Gasteiger partial charge in [-0.15, -0.1) is 0 Å². The molecule has 0 saturated carbocycles. The summed E-state index contributed by atoms with van der Waals surface area (Å²) in [4.78, 5) is 35.2. The Kier molecular flexibility index (Phi) is 13.3. The van der Waals surface area contributed by atoms with E-state index in [9.17, 15) is 19.5 Å². The maximum Gasteiger partial charge on any atom is 0.326 e. The van der Waals surface area contributed by atoms with Crippen LogP contribution >= 0.6 is 0 Å². The molecule has 3 unspecified atom stereocenters. The van der Waals surface area contributed by atoms with E-state index in [1.165, 1.54) is 0 Å². The average molecular weight is 511 g/mol. The van der Waals surface area contributed by atoms with E-state index in [-0.39, 0.29) is 23.7 Å². The molecule has 2 aromatic carbocycles. The number of carbonyl (C=O) groups excluding carboxylic acids is 2. The first-order valence-corrected chi connectivity index (χ1v) is 12.9. The summed E-state index contributed by atoms with van der Waals surface area (Å²) in [6.45, 7) is 11.7. The smallest absolute Gasteiger partial charge is 0.326 e. The Balaban J connectivity index is 0.000000387. The monoisotopic (exact) mass is 510 g/mol.